The fraction of sp³-hybridized carbons (Fsp3) is 0. The van der Waals surface area contributed by atoms with Gasteiger partial charge in [-0.2, -0.15) is 0 Å². The summed E-state index contributed by atoms with van der Waals surface area (Å²) in [6.45, 7) is 0. The standard InChI is InChI=1S/C23H16FN3O2S/c24-20-14-16(3-9-21(20)29-19-2-1-11-25-15-19)4-10-22(28)27-18-7-5-17(6-8-18)23-26-12-13-30-23/h1-15H,(H,27,28)/b10-4+. The number of carbonyl (C=O) groups is 1. The number of thiazole rings is 1. The second kappa shape index (κ2) is 9.11. The number of nitrogens with one attached hydrogen (secondary N) is 1. The Morgan fingerprint density at radius 2 is 1.97 bits per heavy atom. The van der Waals surface area contributed by atoms with E-state index in [2.05, 4.69) is 15.3 Å². The molecule has 0 atom stereocenters. The lowest BCUT2D eigenvalue weighted by molar-refractivity contribution is -0.111. The first kappa shape index (κ1) is 19.5. The Kier molecular flexibility index (Phi) is 5.91. The van der Waals surface area contributed by atoms with Gasteiger partial charge < -0.3 is 10.1 Å². The molecule has 7 heteroatoms. The van der Waals surface area contributed by atoms with Crippen molar-refractivity contribution in [2.24, 2.45) is 0 Å². The minimum absolute atomic E-state index is 0.0879. The van der Waals surface area contributed by atoms with Crippen molar-refractivity contribution in [2.75, 3.05) is 5.32 Å². The number of halogens is 1. The Balaban J connectivity index is 1.37. The normalized spacial score (nSPS) is 10.8. The highest BCUT2D eigenvalue weighted by Gasteiger charge is 2.06. The first-order valence-electron chi connectivity index (χ1n) is 9.04. The third-order valence-corrected chi connectivity index (χ3v) is 4.90. The first-order chi connectivity index (χ1) is 14.7. The average molecular weight is 417 g/mol. The van der Waals surface area contributed by atoms with Crippen molar-refractivity contribution in [1.82, 2.24) is 9.97 Å². The van der Waals surface area contributed by atoms with Crippen LogP contribution in [0.4, 0.5) is 10.1 Å². The van der Waals surface area contributed by atoms with E-state index in [-0.39, 0.29) is 11.7 Å². The fourth-order valence-corrected chi connectivity index (χ4v) is 3.30. The van der Waals surface area contributed by atoms with Gasteiger partial charge in [-0.1, -0.05) is 6.07 Å². The molecule has 0 spiro atoms. The molecule has 0 aliphatic carbocycles. The Labute approximate surface area is 176 Å². The zero-order valence-corrected chi connectivity index (χ0v) is 16.5. The van der Waals surface area contributed by atoms with Crippen LogP contribution >= 0.6 is 11.3 Å². The van der Waals surface area contributed by atoms with Crippen LogP contribution in [0.15, 0.2) is 84.6 Å². The molecule has 2 heterocycles. The Hall–Kier alpha value is -3.84. The van der Waals surface area contributed by atoms with Gasteiger partial charge in [-0.3, -0.25) is 9.78 Å². The highest BCUT2D eigenvalue weighted by Crippen LogP contribution is 2.25. The largest absolute Gasteiger partial charge is 0.453 e. The molecular weight excluding hydrogens is 401 g/mol. The summed E-state index contributed by atoms with van der Waals surface area (Å²) in [7, 11) is 0. The lowest BCUT2D eigenvalue weighted by atomic mass is 10.2. The molecule has 0 aliphatic rings. The predicted octanol–water partition coefficient (Wildman–Crippen LogP) is 5.79. The number of rotatable bonds is 6. The maximum Gasteiger partial charge on any atom is 0.248 e. The monoisotopic (exact) mass is 417 g/mol. The summed E-state index contributed by atoms with van der Waals surface area (Å²) in [6.07, 6.45) is 7.75. The number of carbonyl (C=O) groups excluding carboxylic acids is 1. The zero-order chi connectivity index (χ0) is 20.8. The summed E-state index contributed by atoms with van der Waals surface area (Å²) in [5.41, 5.74) is 2.19. The molecule has 2 aromatic carbocycles. The van der Waals surface area contributed by atoms with Crippen LogP contribution in [-0.2, 0) is 4.79 Å². The number of amides is 1. The molecule has 30 heavy (non-hydrogen) atoms. The summed E-state index contributed by atoms with van der Waals surface area (Å²) in [5, 5.41) is 5.61. The number of anilines is 1. The predicted molar refractivity (Wildman–Crippen MR) is 116 cm³/mol. The average Bonchev–Trinajstić information content (AvgIpc) is 3.30. The highest BCUT2D eigenvalue weighted by molar-refractivity contribution is 7.13. The number of pyridine rings is 1. The van der Waals surface area contributed by atoms with Crippen LogP contribution in [0.1, 0.15) is 5.56 Å². The van der Waals surface area contributed by atoms with E-state index in [1.54, 1.807) is 41.9 Å². The molecule has 4 rings (SSSR count). The van der Waals surface area contributed by atoms with Crippen LogP contribution in [-0.4, -0.2) is 15.9 Å². The molecular formula is C23H16FN3O2S. The molecule has 0 fully saturated rings. The number of hydrogen-bond acceptors (Lipinski definition) is 5. The van der Waals surface area contributed by atoms with E-state index in [1.165, 1.54) is 30.5 Å². The van der Waals surface area contributed by atoms with Crippen LogP contribution < -0.4 is 10.1 Å². The first-order valence-corrected chi connectivity index (χ1v) is 9.92. The maximum atomic E-state index is 14.3. The van der Waals surface area contributed by atoms with Gasteiger partial charge in [-0.15, -0.1) is 11.3 Å². The molecule has 1 N–H and O–H groups in total. The molecule has 0 radical (unpaired) electrons. The van der Waals surface area contributed by atoms with Gasteiger partial charge in [0.05, 0.1) is 6.20 Å². The summed E-state index contributed by atoms with van der Waals surface area (Å²) in [6, 6.07) is 15.3. The second-order valence-corrected chi connectivity index (χ2v) is 7.11. The molecule has 2 aromatic heterocycles. The molecule has 4 aromatic rings. The van der Waals surface area contributed by atoms with Crippen molar-refractivity contribution in [3.05, 3.63) is 96.0 Å². The number of aromatic nitrogens is 2. The van der Waals surface area contributed by atoms with Gasteiger partial charge in [0.25, 0.3) is 0 Å². The molecule has 0 aliphatic heterocycles. The van der Waals surface area contributed by atoms with Gasteiger partial charge in [0.15, 0.2) is 11.6 Å². The summed E-state index contributed by atoms with van der Waals surface area (Å²) >= 11 is 1.55. The molecule has 0 saturated heterocycles. The van der Waals surface area contributed by atoms with Crippen LogP contribution in [0.5, 0.6) is 11.5 Å². The summed E-state index contributed by atoms with van der Waals surface area (Å²) < 4.78 is 19.7. The van der Waals surface area contributed by atoms with E-state index in [1.807, 2.05) is 29.6 Å². The molecule has 5 nitrogen and oxygen atoms in total. The topological polar surface area (TPSA) is 64.1 Å². The second-order valence-electron chi connectivity index (χ2n) is 6.22. The van der Waals surface area contributed by atoms with Crippen molar-refractivity contribution < 1.29 is 13.9 Å². The van der Waals surface area contributed by atoms with Gasteiger partial charge in [0.2, 0.25) is 5.91 Å². The van der Waals surface area contributed by atoms with Gasteiger partial charge in [-0.25, -0.2) is 9.37 Å². The molecule has 1 amide bonds. The number of benzene rings is 2. The van der Waals surface area contributed by atoms with E-state index in [4.69, 9.17) is 4.74 Å². The van der Waals surface area contributed by atoms with Crippen LogP contribution in [0, 0.1) is 5.82 Å². The molecule has 0 saturated carbocycles. The van der Waals surface area contributed by atoms with E-state index in [0.717, 1.165) is 10.6 Å². The van der Waals surface area contributed by atoms with Crippen molar-refractivity contribution in [3.63, 3.8) is 0 Å². The zero-order valence-electron chi connectivity index (χ0n) is 15.7. The van der Waals surface area contributed by atoms with Crippen molar-refractivity contribution in [1.29, 1.82) is 0 Å². The van der Waals surface area contributed by atoms with Crippen LogP contribution in [0.3, 0.4) is 0 Å². The minimum atomic E-state index is -0.529. The Bertz CT molecular complexity index is 1160. The van der Waals surface area contributed by atoms with E-state index in [0.29, 0.717) is 17.0 Å². The van der Waals surface area contributed by atoms with Gasteiger partial charge in [0.1, 0.15) is 10.8 Å². The number of nitrogens with zero attached hydrogens (tertiary/aromatic N) is 2. The van der Waals surface area contributed by atoms with Crippen molar-refractivity contribution >= 4 is 29.0 Å². The quantitative estimate of drug-likeness (QED) is 0.404. The SMILES string of the molecule is O=C(/C=C/c1ccc(Oc2cccnc2)c(F)c1)Nc1ccc(-c2nccs2)cc1. The number of hydrogen-bond donors (Lipinski definition) is 1. The highest BCUT2D eigenvalue weighted by atomic mass is 32.1. The smallest absolute Gasteiger partial charge is 0.248 e. The van der Waals surface area contributed by atoms with Gasteiger partial charge in [-0.05, 0) is 60.2 Å². The summed E-state index contributed by atoms with van der Waals surface area (Å²) in [5.74, 6) is -0.308. The van der Waals surface area contributed by atoms with Gasteiger partial charge >= 0.3 is 0 Å². The van der Waals surface area contributed by atoms with E-state index < -0.39 is 5.82 Å². The Morgan fingerprint density at radius 1 is 1.10 bits per heavy atom. The van der Waals surface area contributed by atoms with Crippen LogP contribution in [0.2, 0.25) is 0 Å². The molecule has 148 valence electrons. The lowest BCUT2D eigenvalue weighted by Crippen LogP contribution is -2.07. The van der Waals surface area contributed by atoms with Crippen molar-refractivity contribution in [3.8, 4) is 22.1 Å². The third kappa shape index (κ3) is 4.95. The lowest BCUT2D eigenvalue weighted by Gasteiger charge is -2.06. The summed E-state index contributed by atoms with van der Waals surface area (Å²) in [4.78, 5) is 20.3. The fourth-order valence-electron chi connectivity index (χ4n) is 2.66. The van der Waals surface area contributed by atoms with Crippen LogP contribution in [0.25, 0.3) is 16.6 Å². The Morgan fingerprint density at radius 3 is 2.67 bits per heavy atom. The maximum absolute atomic E-state index is 14.3. The number of ether oxygens (including phenoxy) is 1. The molecule has 0 bridgehead atoms. The van der Waals surface area contributed by atoms with Gasteiger partial charge in [0, 0.05) is 35.1 Å². The van der Waals surface area contributed by atoms with E-state index in [9.17, 15) is 9.18 Å². The third-order valence-electron chi connectivity index (χ3n) is 4.08. The van der Waals surface area contributed by atoms with Crippen molar-refractivity contribution in [2.45, 2.75) is 0 Å². The van der Waals surface area contributed by atoms with E-state index >= 15 is 0 Å². The minimum Gasteiger partial charge on any atom is -0.453 e. The molecule has 0 unspecified atom stereocenters.